The van der Waals surface area contributed by atoms with E-state index in [1.54, 1.807) is 12.2 Å². The molecule has 1 aromatic rings. The molecule has 0 saturated heterocycles. The lowest BCUT2D eigenvalue weighted by molar-refractivity contribution is 0.0790. The third-order valence-corrected chi connectivity index (χ3v) is 3.54. The van der Waals surface area contributed by atoms with E-state index in [0.717, 1.165) is 0 Å². The average Bonchev–Trinajstić information content (AvgIpc) is 2.36. The topological polar surface area (TPSA) is 80.5 Å². The van der Waals surface area contributed by atoms with Crippen LogP contribution in [0.25, 0.3) is 0 Å². The third kappa shape index (κ3) is 4.19. The molecular formula is C13H15ClN2O3S. The Morgan fingerprint density at radius 1 is 1.25 bits per heavy atom. The zero-order valence-corrected chi connectivity index (χ0v) is 12.3. The van der Waals surface area contributed by atoms with Crippen LogP contribution in [0.5, 0.6) is 0 Å². The summed E-state index contributed by atoms with van der Waals surface area (Å²) in [6.07, 6.45) is 3.12. The van der Waals surface area contributed by atoms with Gasteiger partial charge in [-0.05, 0) is 18.2 Å². The molecule has 0 spiro atoms. The normalized spacial score (nSPS) is 10.9. The molecule has 0 aliphatic rings. The van der Waals surface area contributed by atoms with Crippen molar-refractivity contribution in [1.82, 2.24) is 4.90 Å². The van der Waals surface area contributed by atoms with Crippen LogP contribution < -0.4 is 5.14 Å². The van der Waals surface area contributed by atoms with Gasteiger partial charge in [0.25, 0.3) is 5.91 Å². The van der Waals surface area contributed by atoms with Crippen LogP contribution in [0, 0.1) is 0 Å². The summed E-state index contributed by atoms with van der Waals surface area (Å²) in [5, 5.41) is 5.17. The minimum Gasteiger partial charge on any atom is -0.331 e. The minimum absolute atomic E-state index is 0.122. The van der Waals surface area contributed by atoms with Crippen molar-refractivity contribution in [2.24, 2.45) is 5.14 Å². The molecule has 5 nitrogen and oxygen atoms in total. The van der Waals surface area contributed by atoms with E-state index in [1.807, 2.05) is 0 Å². The van der Waals surface area contributed by atoms with Crippen molar-refractivity contribution in [3.8, 4) is 0 Å². The van der Waals surface area contributed by atoms with Crippen LogP contribution in [0.15, 0.2) is 48.4 Å². The molecule has 0 aliphatic carbocycles. The smallest absolute Gasteiger partial charge is 0.254 e. The second kappa shape index (κ2) is 6.69. The van der Waals surface area contributed by atoms with Crippen molar-refractivity contribution < 1.29 is 13.2 Å². The highest BCUT2D eigenvalue weighted by Gasteiger charge is 2.17. The van der Waals surface area contributed by atoms with Gasteiger partial charge in [0.2, 0.25) is 10.0 Å². The van der Waals surface area contributed by atoms with Gasteiger partial charge in [0.05, 0.1) is 4.90 Å². The van der Waals surface area contributed by atoms with Crippen molar-refractivity contribution >= 4 is 27.5 Å². The van der Waals surface area contributed by atoms with Crippen LogP contribution in [0.4, 0.5) is 0 Å². The first kappa shape index (κ1) is 16.4. The molecule has 0 saturated carbocycles. The second-order valence-corrected chi connectivity index (χ2v) is 6.01. The molecule has 0 fully saturated rings. The zero-order valence-electron chi connectivity index (χ0n) is 10.8. The molecule has 108 valence electrons. The Morgan fingerprint density at radius 2 is 1.80 bits per heavy atom. The van der Waals surface area contributed by atoms with Gasteiger partial charge in [-0.3, -0.25) is 4.79 Å². The maximum Gasteiger partial charge on any atom is 0.254 e. The van der Waals surface area contributed by atoms with Crippen molar-refractivity contribution in [2.75, 3.05) is 13.1 Å². The van der Waals surface area contributed by atoms with Crippen molar-refractivity contribution in [3.63, 3.8) is 0 Å². The number of halogens is 1. The fourth-order valence-corrected chi connectivity index (χ4v) is 2.47. The van der Waals surface area contributed by atoms with E-state index >= 15 is 0 Å². The van der Waals surface area contributed by atoms with Crippen LogP contribution in [-0.4, -0.2) is 32.3 Å². The Hall–Kier alpha value is -1.63. The third-order valence-electron chi connectivity index (χ3n) is 2.43. The highest BCUT2D eigenvalue weighted by molar-refractivity contribution is 7.89. The van der Waals surface area contributed by atoms with Crippen LogP contribution in [-0.2, 0) is 10.0 Å². The number of hydrogen-bond acceptors (Lipinski definition) is 3. The quantitative estimate of drug-likeness (QED) is 0.813. The van der Waals surface area contributed by atoms with Gasteiger partial charge in [-0.25, -0.2) is 13.6 Å². The summed E-state index contributed by atoms with van der Waals surface area (Å²) in [6, 6.07) is 3.78. The van der Waals surface area contributed by atoms with E-state index in [4.69, 9.17) is 16.7 Å². The fraction of sp³-hybridized carbons (Fsp3) is 0.154. The van der Waals surface area contributed by atoms with E-state index < -0.39 is 10.0 Å². The van der Waals surface area contributed by atoms with Gasteiger partial charge in [0, 0.05) is 23.7 Å². The lowest BCUT2D eigenvalue weighted by atomic mass is 10.2. The number of carbonyl (C=O) groups is 1. The summed E-state index contributed by atoms with van der Waals surface area (Å²) in [5.41, 5.74) is 0.144. The Bertz CT molecular complexity index is 631. The van der Waals surface area contributed by atoms with E-state index in [2.05, 4.69) is 13.2 Å². The Morgan fingerprint density at radius 3 is 2.25 bits per heavy atom. The van der Waals surface area contributed by atoms with E-state index in [0.29, 0.717) is 13.1 Å². The Kier molecular flexibility index (Phi) is 5.50. The second-order valence-electron chi connectivity index (χ2n) is 4.01. The average molecular weight is 315 g/mol. The molecule has 0 aromatic heterocycles. The minimum atomic E-state index is -3.93. The summed E-state index contributed by atoms with van der Waals surface area (Å²) in [7, 11) is -3.93. The molecule has 0 bridgehead atoms. The number of nitrogens with zero attached hydrogens (tertiary/aromatic N) is 1. The SMILES string of the molecule is C=CCN(CC=C)C(=O)c1cc(Cl)cc(S(N)(=O)=O)c1. The number of benzene rings is 1. The standard InChI is InChI=1S/C13H15ClN2O3S/c1-3-5-16(6-4-2)13(17)10-7-11(14)9-12(8-10)20(15,18)19/h3-4,7-9H,1-2,5-6H2,(H2,15,18,19). The van der Waals surface area contributed by atoms with Crippen LogP contribution in [0.3, 0.4) is 0 Å². The maximum atomic E-state index is 12.3. The summed E-state index contributed by atoms with van der Waals surface area (Å²) in [6.45, 7) is 7.74. The summed E-state index contributed by atoms with van der Waals surface area (Å²) < 4.78 is 22.7. The molecule has 20 heavy (non-hydrogen) atoms. The van der Waals surface area contributed by atoms with Gasteiger partial charge in [0.15, 0.2) is 0 Å². The first-order valence-corrected chi connectivity index (χ1v) is 7.56. The van der Waals surface area contributed by atoms with Gasteiger partial charge in [-0.2, -0.15) is 0 Å². The predicted octanol–water partition coefficient (Wildman–Crippen LogP) is 1.80. The highest BCUT2D eigenvalue weighted by atomic mass is 35.5. The number of rotatable bonds is 6. The lowest BCUT2D eigenvalue weighted by Gasteiger charge is -2.19. The fourth-order valence-electron chi connectivity index (χ4n) is 1.59. The number of hydrogen-bond donors (Lipinski definition) is 1. The van der Waals surface area contributed by atoms with Gasteiger partial charge in [-0.1, -0.05) is 23.8 Å². The molecule has 0 unspecified atom stereocenters. The predicted molar refractivity (Wildman–Crippen MR) is 79.1 cm³/mol. The van der Waals surface area contributed by atoms with Gasteiger partial charge >= 0.3 is 0 Å². The Labute approximate surface area is 123 Å². The van der Waals surface area contributed by atoms with Crippen LogP contribution in [0.2, 0.25) is 5.02 Å². The molecule has 1 rings (SSSR count). The van der Waals surface area contributed by atoms with Crippen LogP contribution >= 0.6 is 11.6 Å². The van der Waals surface area contributed by atoms with Gasteiger partial charge in [0.1, 0.15) is 0 Å². The molecule has 0 atom stereocenters. The van der Waals surface area contributed by atoms with E-state index in [-0.39, 0.29) is 21.4 Å². The van der Waals surface area contributed by atoms with Crippen molar-refractivity contribution in [3.05, 3.63) is 54.1 Å². The number of sulfonamides is 1. The zero-order chi connectivity index (χ0) is 15.3. The number of amides is 1. The molecule has 0 aliphatic heterocycles. The molecule has 1 aromatic carbocycles. The molecule has 0 heterocycles. The number of primary sulfonamides is 1. The van der Waals surface area contributed by atoms with Crippen molar-refractivity contribution in [2.45, 2.75) is 4.90 Å². The summed E-state index contributed by atoms with van der Waals surface area (Å²) >= 11 is 5.83. The summed E-state index contributed by atoms with van der Waals surface area (Å²) in [4.78, 5) is 13.5. The molecule has 2 N–H and O–H groups in total. The van der Waals surface area contributed by atoms with E-state index in [1.165, 1.54) is 23.1 Å². The lowest BCUT2D eigenvalue weighted by Crippen LogP contribution is -2.31. The number of carbonyl (C=O) groups excluding carboxylic acids is 1. The first-order chi connectivity index (χ1) is 9.29. The molecule has 1 amide bonds. The van der Waals surface area contributed by atoms with Crippen molar-refractivity contribution in [1.29, 1.82) is 0 Å². The molecule has 0 radical (unpaired) electrons. The van der Waals surface area contributed by atoms with Crippen LogP contribution in [0.1, 0.15) is 10.4 Å². The van der Waals surface area contributed by atoms with Gasteiger partial charge in [-0.15, -0.1) is 13.2 Å². The molecule has 7 heteroatoms. The number of nitrogens with two attached hydrogens (primary N) is 1. The van der Waals surface area contributed by atoms with Gasteiger partial charge < -0.3 is 4.90 Å². The highest BCUT2D eigenvalue weighted by Crippen LogP contribution is 2.19. The van der Waals surface area contributed by atoms with E-state index in [9.17, 15) is 13.2 Å². The maximum absolute atomic E-state index is 12.3. The largest absolute Gasteiger partial charge is 0.331 e. The Balaban J connectivity index is 3.24. The summed E-state index contributed by atoms with van der Waals surface area (Å²) in [5.74, 6) is -0.378. The monoisotopic (exact) mass is 314 g/mol. The molecular weight excluding hydrogens is 300 g/mol. The first-order valence-electron chi connectivity index (χ1n) is 5.64.